The number of nitrogens with one attached hydrogen (secondary N) is 2. The van der Waals surface area contributed by atoms with Gasteiger partial charge in [-0.15, -0.1) is 4.68 Å². The number of nitrogens with zero attached hydrogens (tertiary/aromatic N) is 3. The molecule has 2 aromatic heterocycles. The number of benzene rings is 1. The third kappa shape index (κ3) is 4.96. The third-order valence-electron chi connectivity index (χ3n) is 6.28. The Balaban J connectivity index is 1.77. The molecule has 0 spiro atoms. The van der Waals surface area contributed by atoms with E-state index in [0.29, 0.717) is 5.56 Å². The van der Waals surface area contributed by atoms with Crippen molar-refractivity contribution in [1.29, 1.82) is 0 Å². The van der Waals surface area contributed by atoms with E-state index in [1.54, 1.807) is 24.7 Å². The van der Waals surface area contributed by atoms with E-state index in [0.717, 1.165) is 22.4 Å². The fourth-order valence-corrected chi connectivity index (χ4v) is 4.21. The van der Waals surface area contributed by atoms with Crippen molar-refractivity contribution >= 4 is 17.8 Å². The van der Waals surface area contributed by atoms with E-state index in [2.05, 4.69) is 5.10 Å². The standard InChI is InChI=1S/C24H22F3N5O6/c1-12-7-16(29-30(12)2)22(37)31-10-15-17(11-31)32(9-13-3-5-14(6-4-13)24(25,26)27)23(38)19(20(15)35)21(36)28-8-18(33)34/h3-7H,8-11H2,1-2H3,(H3,28,33,34,35,36,38)/p+1. The molecule has 0 unspecified atom stereocenters. The Labute approximate surface area is 212 Å². The van der Waals surface area contributed by atoms with Gasteiger partial charge in [0.05, 0.1) is 25.2 Å². The summed E-state index contributed by atoms with van der Waals surface area (Å²) >= 11 is 0. The second kappa shape index (κ2) is 9.68. The molecule has 0 saturated heterocycles. The predicted octanol–water partition coefficient (Wildman–Crippen LogP) is 1.05. The van der Waals surface area contributed by atoms with Gasteiger partial charge < -0.3 is 25.0 Å². The Morgan fingerprint density at radius 1 is 1.16 bits per heavy atom. The highest BCUT2D eigenvalue weighted by Gasteiger charge is 2.35. The molecule has 0 atom stereocenters. The van der Waals surface area contributed by atoms with Crippen LogP contribution in [-0.2, 0) is 37.7 Å². The number of fused-ring (bicyclic) bond motifs is 1. The lowest BCUT2D eigenvalue weighted by Crippen LogP contribution is -2.37. The number of alkyl halides is 3. The normalized spacial score (nSPS) is 12.9. The van der Waals surface area contributed by atoms with E-state index < -0.39 is 52.9 Å². The second-order valence-electron chi connectivity index (χ2n) is 8.84. The predicted molar refractivity (Wildman–Crippen MR) is 123 cm³/mol. The van der Waals surface area contributed by atoms with Crippen molar-refractivity contribution < 1.29 is 42.4 Å². The molecule has 200 valence electrons. The molecule has 0 radical (unpaired) electrons. The molecule has 1 aromatic carbocycles. The number of pyridine rings is 1. The molecule has 3 aromatic rings. The average Bonchev–Trinajstić information content (AvgIpc) is 3.43. The van der Waals surface area contributed by atoms with Crippen LogP contribution in [0.3, 0.4) is 0 Å². The van der Waals surface area contributed by atoms with E-state index in [9.17, 15) is 37.5 Å². The Hall–Kier alpha value is -4.62. The number of hydrogen-bond donors (Lipinski definition) is 4. The van der Waals surface area contributed by atoms with Gasteiger partial charge >= 0.3 is 12.1 Å². The van der Waals surface area contributed by atoms with Crippen molar-refractivity contribution in [2.75, 3.05) is 6.54 Å². The molecule has 3 heterocycles. The molecule has 0 bridgehead atoms. The average molecular weight is 534 g/mol. The summed E-state index contributed by atoms with van der Waals surface area (Å²) < 4.78 is 41.7. The molecular formula is C24H23F3N5O6+. The molecule has 1 aliphatic rings. The number of aromatic nitrogens is 3. The van der Waals surface area contributed by atoms with E-state index >= 15 is 0 Å². The topological polar surface area (TPSA) is 149 Å². The zero-order chi connectivity index (χ0) is 27.9. The second-order valence-corrected chi connectivity index (χ2v) is 8.84. The van der Waals surface area contributed by atoms with Crippen LogP contribution in [0.4, 0.5) is 13.2 Å². The Morgan fingerprint density at radius 3 is 2.37 bits per heavy atom. The number of aryl methyl sites for hydroxylation is 2. The van der Waals surface area contributed by atoms with E-state index in [1.807, 2.05) is 5.32 Å². The van der Waals surface area contributed by atoms with Gasteiger partial charge in [-0.3, -0.25) is 19.2 Å². The molecule has 14 heteroatoms. The highest BCUT2D eigenvalue weighted by Crippen LogP contribution is 2.33. The van der Waals surface area contributed by atoms with Crippen LogP contribution in [0.1, 0.15) is 48.9 Å². The van der Waals surface area contributed by atoms with Crippen LogP contribution < -0.4 is 15.6 Å². The number of aliphatic carboxylic acids is 1. The lowest BCUT2D eigenvalue weighted by molar-refractivity contribution is -0.732. The summed E-state index contributed by atoms with van der Waals surface area (Å²) in [5.74, 6) is -3.67. The first-order valence-electron chi connectivity index (χ1n) is 11.3. The van der Waals surface area contributed by atoms with Crippen molar-refractivity contribution in [1.82, 2.24) is 19.9 Å². The van der Waals surface area contributed by atoms with Crippen LogP contribution >= 0.6 is 0 Å². The first-order valence-corrected chi connectivity index (χ1v) is 11.3. The number of carbonyl (C=O) groups excluding carboxylic acids is 2. The maximum atomic E-state index is 13.4. The van der Waals surface area contributed by atoms with Gasteiger partial charge in [-0.2, -0.15) is 18.3 Å². The molecule has 0 fully saturated rings. The molecule has 38 heavy (non-hydrogen) atoms. The monoisotopic (exact) mass is 534 g/mol. The zero-order valence-corrected chi connectivity index (χ0v) is 20.2. The summed E-state index contributed by atoms with van der Waals surface area (Å²) in [7, 11) is 1.71. The Bertz CT molecular complexity index is 1490. The van der Waals surface area contributed by atoms with Crippen LogP contribution in [0, 0.1) is 6.92 Å². The lowest BCUT2D eigenvalue weighted by Gasteiger charge is -2.16. The molecule has 0 saturated carbocycles. The van der Waals surface area contributed by atoms with Gasteiger partial charge in [-0.25, -0.2) is 0 Å². The summed E-state index contributed by atoms with van der Waals surface area (Å²) in [6, 6.07) is 5.68. The van der Waals surface area contributed by atoms with Crippen molar-refractivity contribution in [3.8, 4) is 5.75 Å². The van der Waals surface area contributed by atoms with Crippen LogP contribution in [0.2, 0.25) is 0 Å². The maximum absolute atomic E-state index is 13.4. The highest BCUT2D eigenvalue weighted by molar-refractivity contribution is 5.98. The number of halogens is 3. The van der Waals surface area contributed by atoms with Crippen molar-refractivity contribution in [3.63, 3.8) is 0 Å². The summed E-state index contributed by atoms with van der Waals surface area (Å²) in [6.45, 7) is 0.394. The van der Waals surface area contributed by atoms with Gasteiger partial charge in [0.1, 0.15) is 17.9 Å². The first kappa shape index (κ1) is 26.4. The number of H-pyrrole nitrogens is 1. The van der Waals surface area contributed by atoms with Crippen LogP contribution in [-0.4, -0.2) is 49.1 Å². The van der Waals surface area contributed by atoms with Gasteiger partial charge in [0.25, 0.3) is 17.4 Å². The first-order chi connectivity index (χ1) is 17.8. The minimum absolute atomic E-state index is 0.0954. The van der Waals surface area contributed by atoms with Gasteiger partial charge in [-0.05, 0) is 17.7 Å². The van der Waals surface area contributed by atoms with Gasteiger partial charge in [0.2, 0.25) is 5.69 Å². The molecule has 0 aliphatic carbocycles. The molecule has 2 amide bonds. The van der Waals surface area contributed by atoms with Gasteiger partial charge in [0, 0.05) is 24.2 Å². The summed E-state index contributed by atoms with van der Waals surface area (Å²) in [5, 5.41) is 24.6. The minimum Gasteiger partial charge on any atom is -0.506 e. The number of hydrogen-bond acceptors (Lipinski definition) is 5. The summed E-state index contributed by atoms with van der Waals surface area (Å²) in [4.78, 5) is 51.4. The quantitative estimate of drug-likeness (QED) is 0.348. The summed E-state index contributed by atoms with van der Waals surface area (Å²) in [6.07, 6.45) is -4.56. The number of aromatic amines is 1. The molecule has 4 N–H and O–H groups in total. The number of amides is 2. The fraction of sp³-hybridized carbons (Fsp3) is 0.292. The molecule has 1 aliphatic heterocycles. The lowest BCUT2D eigenvalue weighted by atomic mass is 10.1. The smallest absolute Gasteiger partial charge is 0.416 e. The third-order valence-corrected chi connectivity index (χ3v) is 6.28. The molecule has 11 nitrogen and oxygen atoms in total. The van der Waals surface area contributed by atoms with Gasteiger partial charge in [-0.1, -0.05) is 12.1 Å². The van der Waals surface area contributed by atoms with Crippen LogP contribution in [0.15, 0.2) is 35.1 Å². The van der Waals surface area contributed by atoms with E-state index in [4.69, 9.17) is 5.11 Å². The Morgan fingerprint density at radius 2 is 1.82 bits per heavy atom. The van der Waals surface area contributed by atoms with Crippen LogP contribution in [0.5, 0.6) is 5.75 Å². The molecular weight excluding hydrogens is 511 g/mol. The van der Waals surface area contributed by atoms with E-state index in [-0.39, 0.29) is 36.6 Å². The minimum atomic E-state index is -4.56. The number of aromatic hydroxyl groups is 1. The summed E-state index contributed by atoms with van der Waals surface area (Å²) in [5.41, 5.74) is -1.00. The maximum Gasteiger partial charge on any atom is 0.416 e. The zero-order valence-electron chi connectivity index (χ0n) is 20.2. The SMILES string of the molecule is Cc1cc(C(=O)N2Cc3c(O)c(C(=O)NCC(=O)O)c(=O)n(Cc4ccc(C(F)(F)F)cc4)c3C2)[nH][n+]1C. The van der Waals surface area contributed by atoms with Crippen molar-refractivity contribution in [2.24, 2.45) is 7.05 Å². The van der Waals surface area contributed by atoms with Crippen LogP contribution in [0.25, 0.3) is 0 Å². The number of carboxylic acids is 1. The molecule has 4 rings (SSSR count). The van der Waals surface area contributed by atoms with E-state index in [1.165, 1.54) is 17.0 Å². The van der Waals surface area contributed by atoms with Gasteiger partial charge in [0.15, 0.2) is 12.7 Å². The highest BCUT2D eigenvalue weighted by atomic mass is 19.4. The number of rotatable bonds is 6. The Kier molecular flexibility index (Phi) is 6.74. The number of carbonyl (C=O) groups is 3. The fourth-order valence-electron chi connectivity index (χ4n) is 4.21. The van der Waals surface area contributed by atoms with Crippen molar-refractivity contribution in [2.45, 2.75) is 32.7 Å². The van der Waals surface area contributed by atoms with Crippen molar-refractivity contribution in [3.05, 3.63) is 80.0 Å². The largest absolute Gasteiger partial charge is 0.506 e. The number of carboxylic acid groups (broad SMARTS) is 1.